The molecule has 0 N–H and O–H groups in total. The number of hydrogen-bond acceptors (Lipinski definition) is 0. The molecule has 65 valence electrons. The Kier molecular flexibility index (Phi) is 5.35. The summed E-state index contributed by atoms with van der Waals surface area (Å²) in [7, 11) is 0. The Morgan fingerprint density at radius 3 is 2.08 bits per heavy atom. The Balaban J connectivity index is 2.30. The maximum absolute atomic E-state index is 2.26. The van der Waals surface area contributed by atoms with Gasteiger partial charge in [-0.15, -0.1) is 0 Å². The Hall–Kier alpha value is -0.780. The standard InChI is InChI=1S/C12H17/c1-2-4-6-8-10-12-11-9-7-5-3-1/h1-3,8-11H,4-7,12H2. The normalized spacial score (nSPS) is 20.0. The topological polar surface area (TPSA) is 0 Å². The lowest BCUT2D eigenvalue weighted by atomic mass is 10.1. The van der Waals surface area contributed by atoms with Gasteiger partial charge in [-0.2, -0.15) is 0 Å². The van der Waals surface area contributed by atoms with Gasteiger partial charge in [0, 0.05) is 0 Å². The summed E-state index contributed by atoms with van der Waals surface area (Å²) in [6, 6.07) is 0. The first-order valence-electron chi connectivity index (χ1n) is 4.78. The van der Waals surface area contributed by atoms with E-state index in [4.69, 9.17) is 0 Å². The molecule has 1 radical (unpaired) electrons. The molecule has 0 fully saturated rings. The van der Waals surface area contributed by atoms with E-state index in [1.807, 2.05) is 0 Å². The molecule has 1 aliphatic carbocycles. The summed E-state index contributed by atoms with van der Waals surface area (Å²) in [6.45, 7) is 0. The van der Waals surface area contributed by atoms with Crippen LogP contribution in [0.5, 0.6) is 0 Å². The van der Waals surface area contributed by atoms with Gasteiger partial charge in [0.2, 0.25) is 0 Å². The predicted octanol–water partition coefficient (Wildman–Crippen LogP) is 3.82. The van der Waals surface area contributed by atoms with Crippen LogP contribution in [-0.4, -0.2) is 0 Å². The van der Waals surface area contributed by atoms with E-state index in [1.54, 1.807) is 0 Å². The largest absolute Gasteiger partial charge is 0.0882 e. The van der Waals surface area contributed by atoms with Crippen molar-refractivity contribution in [1.82, 2.24) is 0 Å². The van der Waals surface area contributed by atoms with Gasteiger partial charge >= 0.3 is 0 Å². The van der Waals surface area contributed by atoms with Crippen LogP contribution in [0, 0.1) is 6.42 Å². The fraction of sp³-hybridized carbons (Fsp3) is 0.417. The van der Waals surface area contributed by atoms with Crippen LogP contribution in [0.4, 0.5) is 0 Å². The van der Waals surface area contributed by atoms with Crippen LogP contribution in [0.1, 0.15) is 32.1 Å². The third-order valence-electron chi connectivity index (χ3n) is 1.88. The fourth-order valence-corrected chi connectivity index (χ4v) is 1.18. The lowest BCUT2D eigenvalue weighted by molar-refractivity contribution is 0.981. The van der Waals surface area contributed by atoms with Crippen molar-refractivity contribution in [3.05, 3.63) is 42.9 Å². The highest BCUT2D eigenvalue weighted by Crippen LogP contribution is 2.02. The second-order valence-electron chi connectivity index (χ2n) is 3.00. The van der Waals surface area contributed by atoms with E-state index in [-0.39, 0.29) is 0 Å². The summed E-state index contributed by atoms with van der Waals surface area (Å²) < 4.78 is 0. The molecule has 0 heteroatoms. The Labute approximate surface area is 75.7 Å². The van der Waals surface area contributed by atoms with Gasteiger partial charge in [-0.05, 0) is 38.5 Å². The first-order valence-corrected chi connectivity index (χ1v) is 4.78. The highest BCUT2D eigenvalue weighted by Gasteiger charge is 1.83. The number of rotatable bonds is 0. The first kappa shape index (κ1) is 9.31. The second-order valence-corrected chi connectivity index (χ2v) is 3.00. The van der Waals surface area contributed by atoms with Crippen molar-refractivity contribution in [2.75, 3.05) is 0 Å². The minimum absolute atomic E-state index is 1.10. The molecule has 0 aromatic rings. The predicted molar refractivity (Wildman–Crippen MR) is 54.8 cm³/mol. The van der Waals surface area contributed by atoms with E-state index in [2.05, 4.69) is 42.9 Å². The molecule has 0 aliphatic heterocycles. The Bertz CT molecular complexity index is 172. The zero-order valence-electron chi connectivity index (χ0n) is 7.58. The van der Waals surface area contributed by atoms with Crippen molar-refractivity contribution in [2.24, 2.45) is 0 Å². The summed E-state index contributed by atoms with van der Waals surface area (Å²) in [6.07, 6.45) is 21.5. The summed E-state index contributed by atoms with van der Waals surface area (Å²) in [4.78, 5) is 0. The molecule has 0 spiro atoms. The molecule has 12 heavy (non-hydrogen) atoms. The minimum atomic E-state index is 1.10. The van der Waals surface area contributed by atoms with E-state index in [0.29, 0.717) is 0 Å². The third kappa shape index (κ3) is 4.95. The lowest BCUT2D eigenvalue weighted by Crippen LogP contribution is -1.73. The van der Waals surface area contributed by atoms with Crippen LogP contribution in [0.25, 0.3) is 0 Å². The molecule has 0 atom stereocenters. The Morgan fingerprint density at radius 2 is 1.25 bits per heavy atom. The van der Waals surface area contributed by atoms with E-state index >= 15 is 0 Å². The van der Waals surface area contributed by atoms with Crippen LogP contribution in [0.3, 0.4) is 0 Å². The van der Waals surface area contributed by atoms with Crippen LogP contribution >= 0.6 is 0 Å². The molecule has 0 aromatic carbocycles. The molecule has 0 saturated heterocycles. The molecular formula is C12H17. The summed E-state index contributed by atoms with van der Waals surface area (Å²) in [5, 5.41) is 0. The zero-order chi connectivity index (χ0) is 8.49. The molecule has 0 unspecified atom stereocenters. The SMILES string of the molecule is [CH]1C=CCCC=CCC=CCC1. The number of allylic oxidation sites excluding steroid dienone is 6. The molecule has 0 saturated carbocycles. The van der Waals surface area contributed by atoms with Crippen LogP contribution < -0.4 is 0 Å². The second kappa shape index (κ2) is 6.90. The summed E-state index contributed by atoms with van der Waals surface area (Å²) >= 11 is 0. The van der Waals surface area contributed by atoms with E-state index in [1.165, 1.54) is 25.7 Å². The zero-order valence-corrected chi connectivity index (χ0v) is 7.58. The van der Waals surface area contributed by atoms with Crippen molar-refractivity contribution in [2.45, 2.75) is 32.1 Å². The number of hydrogen-bond donors (Lipinski definition) is 0. The first-order chi connectivity index (χ1) is 6.00. The van der Waals surface area contributed by atoms with Crippen molar-refractivity contribution in [3.8, 4) is 0 Å². The van der Waals surface area contributed by atoms with Crippen LogP contribution in [0.15, 0.2) is 36.5 Å². The summed E-state index contributed by atoms with van der Waals surface area (Å²) in [5.41, 5.74) is 0. The van der Waals surface area contributed by atoms with Gasteiger partial charge in [0.25, 0.3) is 0 Å². The highest BCUT2D eigenvalue weighted by molar-refractivity contribution is 5.00. The lowest BCUT2D eigenvalue weighted by Gasteiger charge is -1.92. The smallest absolute Gasteiger partial charge is 0.0167 e. The molecule has 0 heterocycles. The van der Waals surface area contributed by atoms with Crippen molar-refractivity contribution in [1.29, 1.82) is 0 Å². The van der Waals surface area contributed by atoms with E-state index < -0.39 is 0 Å². The van der Waals surface area contributed by atoms with Crippen LogP contribution in [-0.2, 0) is 0 Å². The minimum Gasteiger partial charge on any atom is -0.0882 e. The molecule has 0 nitrogen and oxygen atoms in total. The van der Waals surface area contributed by atoms with Gasteiger partial charge in [-0.1, -0.05) is 36.5 Å². The third-order valence-corrected chi connectivity index (χ3v) is 1.88. The van der Waals surface area contributed by atoms with Gasteiger partial charge in [0.05, 0.1) is 0 Å². The van der Waals surface area contributed by atoms with Gasteiger partial charge in [0.1, 0.15) is 0 Å². The van der Waals surface area contributed by atoms with Gasteiger partial charge < -0.3 is 0 Å². The monoisotopic (exact) mass is 161 g/mol. The van der Waals surface area contributed by atoms with Crippen molar-refractivity contribution >= 4 is 0 Å². The molecule has 0 bridgehead atoms. The van der Waals surface area contributed by atoms with E-state index in [9.17, 15) is 0 Å². The average molecular weight is 161 g/mol. The van der Waals surface area contributed by atoms with Gasteiger partial charge in [0.15, 0.2) is 0 Å². The maximum atomic E-state index is 2.26. The quantitative estimate of drug-likeness (QED) is 0.474. The Morgan fingerprint density at radius 1 is 0.583 bits per heavy atom. The van der Waals surface area contributed by atoms with Crippen molar-refractivity contribution in [3.63, 3.8) is 0 Å². The molecule has 0 aromatic heterocycles. The van der Waals surface area contributed by atoms with Crippen molar-refractivity contribution < 1.29 is 0 Å². The molecule has 1 rings (SSSR count). The molecule has 1 aliphatic rings. The van der Waals surface area contributed by atoms with Gasteiger partial charge in [-0.3, -0.25) is 0 Å². The van der Waals surface area contributed by atoms with E-state index in [0.717, 1.165) is 6.42 Å². The fourth-order valence-electron chi connectivity index (χ4n) is 1.18. The van der Waals surface area contributed by atoms with Crippen LogP contribution in [0.2, 0.25) is 0 Å². The maximum Gasteiger partial charge on any atom is -0.0167 e. The molecular weight excluding hydrogens is 144 g/mol. The van der Waals surface area contributed by atoms with Gasteiger partial charge in [-0.25, -0.2) is 0 Å². The molecule has 0 amide bonds. The summed E-state index contributed by atoms with van der Waals surface area (Å²) in [5.74, 6) is 0. The average Bonchev–Trinajstić information content (AvgIpc) is 2.05. The highest BCUT2D eigenvalue weighted by atomic mass is 13.9.